The third-order valence-corrected chi connectivity index (χ3v) is 2.90. The molecule has 0 amide bonds. The van der Waals surface area contributed by atoms with E-state index in [1.165, 1.54) is 11.1 Å². The second-order valence-electron chi connectivity index (χ2n) is 4.32. The topological polar surface area (TPSA) is 49.8 Å². The summed E-state index contributed by atoms with van der Waals surface area (Å²) in [5.74, 6) is 1.50. The quantitative estimate of drug-likeness (QED) is 0.834. The first-order chi connectivity index (χ1) is 9.31. The molecule has 2 N–H and O–H groups in total. The predicted octanol–water partition coefficient (Wildman–Crippen LogP) is 3.08. The van der Waals surface area contributed by atoms with Crippen molar-refractivity contribution in [3.63, 3.8) is 0 Å². The summed E-state index contributed by atoms with van der Waals surface area (Å²) in [6, 6.07) is 10.5. The van der Waals surface area contributed by atoms with Crippen molar-refractivity contribution >= 4 is 11.8 Å². The Labute approximate surface area is 114 Å². The van der Waals surface area contributed by atoms with Crippen LogP contribution in [0.25, 0.3) is 0 Å². The Morgan fingerprint density at radius 1 is 0.947 bits per heavy atom. The van der Waals surface area contributed by atoms with Gasteiger partial charge in [0.25, 0.3) is 0 Å². The number of aryl methyl sites for hydroxylation is 1. The molecule has 1 aromatic carbocycles. The van der Waals surface area contributed by atoms with Gasteiger partial charge < -0.3 is 10.6 Å². The highest BCUT2D eigenvalue weighted by Gasteiger charge is 1.98. The van der Waals surface area contributed by atoms with Crippen LogP contribution in [0.2, 0.25) is 0 Å². The molecule has 0 aliphatic carbocycles. The van der Waals surface area contributed by atoms with Gasteiger partial charge in [-0.05, 0) is 30.5 Å². The molecule has 0 saturated carbocycles. The minimum Gasteiger partial charge on any atom is -0.366 e. The van der Waals surface area contributed by atoms with E-state index in [1.807, 2.05) is 13.0 Å². The van der Waals surface area contributed by atoms with E-state index in [2.05, 4.69) is 51.8 Å². The molecule has 100 valence electrons. The number of hydrogen-bond donors (Lipinski definition) is 2. The first-order valence-electron chi connectivity index (χ1n) is 6.70. The zero-order valence-electron chi connectivity index (χ0n) is 11.5. The number of hydrogen-bond acceptors (Lipinski definition) is 4. The van der Waals surface area contributed by atoms with E-state index in [0.29, 0.717) is 5.95 Å². The second-order valence-corrected chi connectivity index (χ2v) is 4.32. The molecule has 0 aliphatic heterocycles. The van der Waals surface area contributed by atoms with Crippen LogP contribution in [0.4, 0.5) is 11.8 Å². The van der Waals surface area contributed by atoms with Gasteiger partial charge in [-0.25, -0.2) is 4.98 Å². The maximum absolute atomic E-state index is 4.38. The molecule has 0 aliphatic rings. The van der Waals surface area contributed by atoms with Crippen LogP contribution in [0.3, 0.4) is 0 Å². The predicted molar refractivity (Wildman–Crippen MR) is 79.3 cm³/mol. The molecule has 0 radical (unpaired) electrons. The summed E-state index contributed by atoms with van der Waals surface area (Å²) in [5.41, 5.74) is 2.61. The standard InChI is InChI=1S/C15H20N4/c1-3-12-5-7-13(8-6-12)11-18-14-9-10-17-15(19-14)16-4-2/h5-10H,3-4,11H2,1-2H3,(H2,16,17,18,19). The highest BCUT2D eigenvalue weighted by molar-refractivity contribution is 5.40. The van der Waals surface area contributed by atoms with Crippen LogP contribution >= 0.6 is 0 Å². The van der Waals surface area contributed by atoms with Crippen molar-refractivity contribution in [3.05, 3.63) is 47.7 Å². The Balaban J connectivity index is 1.95. The normalized spacial score (nSPS) is 10.2. The fourth-order valence-electron chi connectivity index (χ4n) is 1.79. The van der Waals surface area contributed by atoms with Crippen molar-refractivity contribution in [1.29, 1.82) is 0 Å². The summed E-state index contributed by atoms with van der Waals surface area (Å²) in [6.45, 7) is 5.78. The molecule has 0 saturated heterocycles. The molecule has 19 heavy (non-hydrogen) atoms. The number of aromatic nitrogens is 2. The van der Waals surface area contributed by atoms with Gasteiger partial charge in [-0.15, -0.1) is 0 Å². The van der Waals surface area contributed by atoms with E-state index in [0.717, 1.165) is 25.3 Å². The number of benzene rings is 1. The minimum atomic E-state index is 0.661. The van der Waals surface area contributed by atoms with Crippen LogP contribution in [0.15, 0.2) is 36.5 Å². The molecular weight excluding hydrogens is 236 g/mol. The van der Waals surface area contributed by atoms with Gasteiger partial charge in [0.1, 0.15) is 5.82 Å². The lowest BCUT2D eigenvalue weighted by Gasteiger charge is -2.08. The van der Waals surface area contributed by atoms with E-state index in [9.17, 15) is 0 Å². The summed E-state index contributed by atoms with van der Waals surface area (Å²) in [6.07, 6.45) is 2.83. The van der Waals surface area contributed by atoms with Gasteiger partial charge in [-0.1, -0.05) is 31.2 Å². The molecule has 2 rings (SSSR count). The van der Waals surface area contributed by atoms with Gasteiger partial charge in [-0.2, -0.15) is 4.98 Å². The summed E-state index contributed by atoms with van der Waals surface area (Å²) < 4.78 is 0. The van der Waals surface area contributed by atoms with Gasteiger partial charge >= 0.3 is 0 Å². The highest BCUT2D eigenvalue weighted by Crippen LogP contribution is 2.09. The average molecular weight is 256 g/mol. The Hall–Kier alpha value is -2.10. The van der Waals surface area contributed by atoms with Gasteiger partial charge in [0, 0.05) is 19.3 Å². The SMILES string of the molecule is CCNc1nccc(NCc2ccc(CC)cc2)n1. The van der Waals surface area contributed by atoms with Crippen LogP contribution in [-0.2, 0) is 13.0 Å². The van der Waals surface area contributed by atoms with E-state index < -0.39 is 0 Å². The number of nitrogens with zero attached hydrogens (tertiary/aromatic N) is 2. The fourth-order valence-corrected chi connectivity index (χ4v) is 1.79. The van der Waals surface area contributed by atoms with Crippen LogP contribution < -0.4 is 10.6 Å². The molecule has 1 heterocycles. The molecule has 2 aromatic rings. The highest BCUT2D eigenvalue weighted by atomic mass is 15.1. The minimum absolute atomic E-state index is 0.661. The molecule has 0 fully saturated rings. The van der Waals surface area contributed by atoms with Crippen LogP contribution in [0.1, 0.15) is 25.0 Å². The van der Waals surface area contributed by atoms with Crippen molar-refractivity contribution in [2.45, 2.75) is 26.8 Å². The van der Waals surface area contributed by atoms with E-state index in [1.54, 1.807) is 6.20 Å². The number of rotatable bonds is 6. The molecule has 4 nitrogen and oxygen atoms in total. The monoisotopic (exact) mass is 256 g/mol. The van der Waals surface area contributed by atoms with Crippen molar-refractivity contribution in [1.82, 2.24) is 9.97 Å². The summed E-state index contributed by atoms with van der Waals surface area (Å²) >= 11 is 0. The van der Waals surface area contributed by atoms with Crippen molar-refractivity contribution in [2.75, 3.05) is 17.2 Å². The Morgan fingerprint density at radius 3 is 2.37 bits per heavy atom. The third kappa shape index (κ3) is 3.95. The molecule has 0 spiro atoms. The van der Waals surface area contributed by atoms with Crippen molar-refractivity contribution < 1.29 is 0 Å². The summed E-state index contributed by atoms with van der Waals surface area (Å²) in [5, 5.41) is 6.41. The number of anilines is 2. The van der Waals surface area contributed by atoms with Crippen molar-refractivity contribution in [3.8, 4) is 0 Å². The lowest BCUT2D eigenvalue weighted by Crippen LogP contribution is -2.06. The first kappa shape index (κ1) is 13.3. The van der Waals surface area contributed by atoms with Crippen molar-refractivity contribution in [2.24, 2.45) is 0 Å². The lowest BCUT2D eigenvalue weighted by molar-refractivity contribution is 1.05. The fraction of sp³-hybridized carbons (Fsp3) is 0.333. The van der Waals surface area contributed by atoms with Crippen LogP contribution in [-0.4, -0.2) is 16.5 Å². The van der Waals surface area contributed by atoms with E-state index in [4.69, 9.17) is 0 Å². The molecule has 0 unspecified atom stereocenters. The van der Waals surface area contributed by atoms with E-state index >= 15 is 0 Å². The lowest BCUT2D eigenvalue weighted by atomic mass is 10.1. The van der Waals surface area contributed by atoms with Crippen LogP contribution in [0.5, 0.6) is 0 Å². The maximum atomic E-state index is 4.38. The molecular formula is C15H20N4. The smallest absolute Gasteiger partial charge is 0.224 e. The zero-order chi connectivity index (χ0) is 13.5. The first-order valence-corrected chi connectivity index (χ1v) is 6.70. The summed E-state index contributed by atoms with van der Waals surface area (Å²) in [4.78, 5) is 8.52. The maximum Gasteiger partial charge on any atom is 0.224 e. The molecule has 1 aromatic heterocycles. The Bertz CT molecular complexity index is 508. The van der Waals surface area contributed by atoms with Gasteiger partial charge in [0.15, 0.2) is 0 Å². The van der Waals surface area contributed by atoms with E-state index in [-0.39, 0.29) is 0 Å². The molecule has 0 atom stereocenters. The Morgan fingerprint density at radius 2 is 1.68 bits per heavy atom. The second kappa shape index (κ2) is 6.73. The van der Waals surface area contributed by atoms with Gasteiger partial charge in [0.05, 0.1) is 0 Å². The average Bonchev–Trinajstić information content (AvgIpc) is 2.46. The van der Waals surface area contributed by atoms with Gasteiger partial charge in [-0.3, -0.25) is 0 Å². The number of nitrogens with one attached hydrogen (secondary N) is 2. The third-order valence-electron chi connectivity index (χ3n) is 2.90. The summed E-state index contributed by atoms with van der Waals surface area (Å²) in [7, 11) is 0. The Kier molecular flexibility index (Phi) is 4.72. The molecule has 0 bridgehead atoms. The molecule has 4 heteroatoms. The zero-order valence-corrected chi connectivity index (χ0v) is 11.5. The largest absolute Gasteiger partial charge is 0.366 e. The van der Waals surface area contributed by atoms with Crippen LogP contribution in [0, 0.1) is 0 Å². The van der Waals surface area contributed by atoms with Gasteiger partial charge in [0.2, 0.25) is 5.95 Å².